The molecule has 2 amide bonds. The van der Waals surface area contributed by atoms with Crippen molar-refractivity contribution < 1.29 is 9.59 Å². The van der Waals surface area contributed by atoms with Gasteiger partial charge in [-0.2, -0.15) is 0 Å². The predicted octanol–water partition coefficient (Wildman–Crippen LogP) is 3.11. The Morgan fingerprint density at radius 3 is 2.50 bits per heavy atom. The van der Waals surface area contributed by atoms with E-state index in [1.165, 1.54) is 0 Å². The number of carbonyl (C=O) groups is 2. The van der Waals surface area contributed by atoms with Gasteiger partial charge < -0.3 is 10.2 Å². The monoisotopic (exact) mass is 322 g/mol. The number of piperidine rings is 1. The van der Waals surface area contributed by atoms with Crippen molar-refractivity contribution in [2.45, 2.75) is 39.2 Å². The summed E-state index contributed by atoms with van der Waals surface area (Å²) >= 11 is 6.08. The highest BCUT2D eigenvalue weighted by Crippen LogP contribution is 2.20. The summed E-state index contributed by atoms with van der Waals surface area (Å²) in [6.07, 6.45) is 2.14. The van der Waals surface area contributed by atoms with Crippen molar-refractivity contribution in [2.75, 3.05) is 13.1 Å². The van der Waals surface area contributed by atoms with Gasteiger partial charge in [-0.05, 0) is 30.9 Å². The SMILES string of the molecule is CC(C)CC(=O)NC1CCN(C(=O)c2ccccc2Cl)CC1. The molecule has 1 N–H and O–H groups in total. The van der Waals surface area contributed by atoms with Crippen LogP contribution in [0.2, 0.25) is 5.02 Å². The Morgan fingerprint density at radius 2 is 1.91 bits per heavy atom. The zero-order valence-corrected chi connectivity index (χ0v) is 13.9. The number of rotatable bonds is 4. The van der Waals surface area contributed by atoms with Crippen LogP contribution >= 0.6 is 11.6 Å². The Labute approximate surface area is 136 Å². The first-order valence-corrected chi connectivity index (χ1v) is 8.18. The van der Waals surface area contributed by atoms with Gasteiger partial charge in [-0.15, -0.1) is 0 Å². The van der Waals surface area contributed by atoms with Crippen LogP contribution in [0.3, 0.4) is 0 Å². The lowest BCUT2D eigenvalue weighted by Gasteiger charge is -2.32. The molecule has 0 unspecified atom stereocenters. The molecule has 0 aliphatic carbocycles. The minimum Gasteiger partial charge on any atom is -0.353 e. The lowest BCUT2D eigenvalue weighted by atomic mass is 10.0. The van der Waals surface area contributed by atoms with Crippen LogP contribution in [0.4, 0.5) is 0 Å². The Balaban J connectivity index is 1.86. The minimum atomic E-state index is -0.0300. The van der Waals surface area contributed by atoms with Crippen molar-refractivity contribution in [3.05, 3.63) is 34.9 Å². The Hall–Kier alpha value is -1.55. The molecule has 0 atom stereocenters. The normalized spacial score (nSPS) is 15.9. The molecule has 0 aromatic heterocycles. The van der Waals surface area contributed by atoms with E-state index in [4.69, 9.17) is 11.6 Å². The molecular weight excluding hydrogens is 300 g/mol. The third-order valence-electron chi connectivity index (χ3n) is 3.85. The molecule has 1 saturated heterocycles. The first kappa shape index (κ1) is 16.8. The van der Waals surface area contributed by atoms with Crippen LogP contribution in [0.15, 0.2) is 24.3 Å². The predicted molar refractivity (Wildman–Crippen MR) is 88.0 cm³/mol. The van der Waals surface area contributed by atoms with Gasteiger partial charge >= 0.3 is 0 Å². The first-order valence-electron chi connectivity index (χ1n) is 7.80. The number of nitrogens with zero attached hydrogens (tertiary/aromatic N) is 1. The summed E-state index contributed by atoms with van der Waals surface area (Å²) in [5.74, 6) is 0.435. The highest BCUT2D eigenvalue weighted by Gasteiger charge is 2.25. The van der Waals surface area contributed by atoms with E-state index in [2.05, 4.69) is 5.32 Å². The van der Waals surface area contributed by atoms with Crippen LogP contribution < -0.4 is 5.32 Å². The van der Waals surface area contributed by atoms with Crippen molar-refractivity contribution in [2.24, 2.45) is 5.92 Å². The Kier molecular flexibility index (Phi) is 5.83. The molecule has 1 aromatic rings. The summed E-state index contributed by atoms with van der Waals surface area (Å²) in [7, 11) is 0. The van der Waals surface area contributed by atoms with Gasteiger partial charge in [-0.1, -0.05) is 37.6 Å². The summed E-state index contributed by atoms with van der Waals surface area (Å²) < 4.78 is 0. The van der Waals surface area contributed by atoms with Gasteiger partial charge in [0.1, 0.15) is 0 Å². The number of benzene rings is 1. The quantitative estimate of drug-likeness (QED) is 0.926. The van der Waals surface area contributed by atoms with E-state index >= 15 is 0 Å². The number of carbonyl (C=O) groups excluding carboxylic acids is 2. The lowest BCUT2D eigenvalue weighted by Crippen LogP contribution is -2.46. The van der Waals surface area contributed by atoms with Crippen molar-refractivity contribution in [3.63, 3.8) is 0 Å². The number of amides is 2. The first-order chi connectivity index (χ1) is 10.5. The van der Waals surface area contributed by atoms with Crippen molar-refractivity contribution >= 4 is 23.4 Å². The summed E-state index contributed by atoms with van der Waals surface area (Å²) in [6.45, 7) is 5.36. The van der Waals surface area contributed by atoms with Gasteiger partial charge in [-0.3, -0.25) is 9.59 Å². The molecule has 1 heterocycles. The van der Waals surface area contributed by atoms with Crippen molar-refractivity contribution in [1.82, 2.24) is 10.2 Å². The van der Waals surface area contributed by atoms with E-state index in [0.29, 0.717) is 36.0 Å². The van der Waals surface area contributed by atoms with Crippen LogP contribution in [0.1, 0.15) is 43.5 Å². The fraction of sp³-hybridized carbons (Fsp3) is 0.529. The van der Waals surface area contributed by atoms with Gasteiger partial charge in [0.25, 0.3) is 5.91 Å². The summed E-state index contributed by atoms with van der Waals surface area (Å²) in [4.78, 5) is 26.1. The smallest absolute Gasteiger partial charge is 0.255 e. The van der Waals surface area contributed by atoms with Crippen LogP contribution in [0.5, 0.6) is 0 Å². The van der Waals surface area contributed by atoms with Crippen molar-refractivity contribution in [3.8, 4) is 0 Å². The molecule has 2 rings (SSSR count). The van der Waals surface area contributed by atoms with E-state index in [0.717, 1.165) is 12.8 Å². The zero-order chi connectivity index (χ0) is 16.1. The second-order valence-corrected chi connectivity index (χ2v) is 6.62. The molecule has 0 saturated carbocycles. The molecule has 22 heavy (non-hydrogen) atoms. The van der Waals surface area contributed by atoms with Gasteiger partial charge in [-0.25, -0.2) is 0 Å². The number of hydrogen-bond donors (Lipinski definition) is 1. The Bertz CT molecular complexity index is 537. The van der Waals surface area contributed by atoms with Crippen LogP contribution in [-0.2, 0) is 4.79 Å². The molecule has 0 radical (unpaired) electrons. The molecule has 1 fully saturated rings. The maximum Gasteiger partial charge on any atom is 0.255 e. The van der Waals surface area contributed by atoms with Crippen LogP contribution in [-0.4, -0.2) is 35.8 Å². The zero-order valence-electron chi connectivity index (χ0n) is 13.1. The average molecular weight is 323 g/mol. The van der Waals surface area contributed by atoms with E-state index in [-0.39, 0.29) is 17.9 Å². The number of likely N-dealkylation sites (tertiary alicyclic amines) is 1. The average Bonchev–Trinajstić information content (AvgIpc) is 2.47. The van der Waals surface area contributed by atoms with Gasteiger partial charge in [0.05, 0.1) is 10.6 Å². The third kappa shape index (κ3) is 4.47. The molecule has 1 aromatic carbocycles. The minimum absolute atomic E-state index is 0.0300. The number of hydrogen-bond acceptors (Lipinski definition) is 2. The summed E-state index contributed by atoms with van der Waals surface area (Å²) in [5.41, 5.74) is 0.548. The molecule has 0 spiro atoms. The Morgan fingerprint density at radius 1 is 1.27 bits per heavy atom. The van der Waals surface area contributed by atoms with E-state index in [1.54, 1.807) is 12.1 Å². The summed E-state index contributed by atoms with van der Waals surface area (Å²) in [5, 5.41) is 3.54. The maximum atomic E-state index is 12.4. The lowest BCUT2D eigenvalue weighted by molar-refractivity contribution is -0.122. The van der Waals surface area contributed by atoms with Crippen LogP contribution in [0.25, 0.3) is 0 Å². The van der Waals surface area contributed by atoms with Gasteiger partial charge in [0.2, 0.25) is 5.91 Å². The second-order valence-electron chi connectivity index (χ2n) is 6.21. The van der Waals surface area contributed by atoms with E-state index in [9.17, 15) is 9.59 Å². The van der Waals surface area contributed by atoms with Crippen LogP contribution in [0, 0.1) is 5.92 Å². The summed E-state index contributed by atoms with van der Waals surface area (Å²) in [6, 6.07) is 7.28. The standard InChI is InChI=1S/C17H23ClN2O2/c1-12(2)11-16(21)19-13-7-9-20(10-8-13)17(22)14-5-3-4-6-15(14)18/h3-6,12-13H,7-11H2,1-2H3,(H,19,21). The third-order valence-corrected chi connectivity index (χ3v) is 4.17. The highest BCUT2D eigenvalue weighted by atomic mass is 35.5. The maximum absolute atomic E-state index is 12.4. The molecule has 1 aliphatic heterocycles. The van der Waals surface area contributed by atoms with Crippen molar-refractivity contribution in [1.29, 1.82) is 0 Å². The van der Waals surface area contributed by atoms with E-state index < -0.39 is 0 Å². The largest absolute Gasteiger partial charge is 0.353 e. The van der Waals surface area contributed by atoms with Gasteiger partial charge in [0, 0.05) is 25.6 Å². The number of halogens is 1. The fourth-order valence-electron chi connectivity index (χ4n) is 2.69. The molecule has 5 heteroatoms. The molecule has 120 valence electrons. The second kappa shape index (κ2) is 7.63. The topological polar surface area (TPSA) is 49.4 Å². The van der Waals surface area contributed by atoms with E-state index in [1.807, 2.05) is 30.9 Å². The molecular formula is C17H23ClN2O2. The molecule has 1 aliphatic rings. The van der Waals surface area contributed by atoms with Gasteiger partial charge in [0.15, 0.2) is 0 Å². The highest BCUT2D eigenvalue weighted by molar-refractivity contribution is 6.33. The fourth-order valence-corrected chi connectivity index (χ4v) is 2.91. The molecule has 4 nitrogen and oxygen atoms in total. The number of nitrogens with one attached hydrogen (secondary N) is 1. The molecule has 0 bridgehead atoms.